The highest BCUT2D eigenvalue weighted by atomic mass is 35.5. The molecule has 0 spiro atoms. The molecular weight excluding hydrogens is 458 g/mol. The molecule has 0 unspecified atom stereocenters. The van der Waals surface area contributed by atoms with E-state index >= 15 is 0 Å². The van der Waals surface area contributed by atoms with E-state index in [4.69, 9.17) is 21.1 Å². The molecule has 4 rings (SSSR count). The standard InChI is InChI=1S/C24H22ClN5O4/c1-4-34-24(32)20-13-21(30(28-20)17-8-10-18(33-3)11-9-17)15-6-5-7-16(12-15)27-23(31)19-14-26-29(2)22(19)25/h5-14H,4H2,1-3H3,(H,27,31). The number of esters is 1. The van der Waals surface area contributed by atoms with Gasteiger partial charge >= 0.3 is 5.97 Å². The molecular formula is C24H22ClN5O4. The van der Waals surface area contributed by atoms with Crippen LogP contribution in [0.5, 0.6) is 5.75 Å². The van der Waals surface area contributed by atoms with Crippen LogP contribution in [0.2, 0.25) is 5.15 Å². The van der Waals surface area contributed by atoms with Gasteiger partial charge in [-0.1, -0.05) is 23.7 Å². The van der Waals surface area contributed by atoms with E-state index in [0.29, 0.717) is 17.1 Å². The predicted octanol–water partition coefficient (Wildman–Crippen LogP) is 4.36. The molecule has 174 valence electrons. The first-order valence-electron chi connectivity index (χ1n) is 10.4. The van der Waals surface area contributed by atoms with E-state index in [1.807, 2.05) is 18.2 Å². The number of benzene rings is 2. The molecule has 0 aliphatic heterocycles. The van der Waals surface area contributed by atoms with Gasteiger partial charge < -0.3 is 14.8 Å². The summed E-state index contributed by atoms with van der Waals surface area (Å²) in [5.41, 5.74) is 3.08. The lowest BCUT2D eigenvalue weighted by Crippen LogP contribution is -2.12. The van der Waals surface area contributed by atoms with Crippen molar-refractivity contribution in [3.63, 3.8) is 0 Å². The average molecular weight is 480 g/mol. The summed E-state index contributed by atoms with van der Waals surface area (Å²) in [5.74, 6) is -0.209. The van der Waals surface area contributed by atoms with Crippen molar-refractivity contribution in [3.05, 3.63) is 77.2 Å². The molecule has 0 radical (unpaired) electrons. The van der Waals surface area contributed by atoms with Gasteiger partial charge in [-0.25, -0.2) is 9.48 Å². The van der Waals surface area contributed by atoms with Crippen molar-refractivity contribution < 1.29 is 19.1 Å². The number of amides is 1. The summed E-state index contributed by atoms with van der Waals surface area (Å²) in [7, 11) is 3.24. The smallest absolute Gasteiger partial charge is 0.358 e. The Hall–Kier alpha value is -4.11. The quantitative estimate of drug-likeness (QED) is 0.395. The fourth-order valence-corrected chi connectivity index (χ4v) is 3.52. The number of anilines is 1. The zero-order valence-electron chi connectivity index (χ0n) is 18.8. The first-order chi connectivity index (χ1) is 16.4. The highest BCUT2D eigenvalue weighted by Gasteiger charge is 2.19. The number of aryl methyl sites for hydroxylation is 1. The zero-order valence-corrected chi connectivity index (χ0v) is 19.5. The van der Waals surface area contributed by atoms with Crippen LogP contribution in [0.1, 0.15) is 27.8 Å². The molecule has 9 nitrogen and oxygen atoms in total. The summed E-state index contributed by atoms with van der Waals surface area (Å²) >= 11 is 6.14. The second-order valence-electron chi connectivity index (χ2n) is 7.25. The van der Waals surface area contributed by atoms with Gasteiger partial charge in [0.05, 0.1) is 36.9 Å². The van der Waals surface area contributed by atoms with Crippen LogP contribution in [0.3, 0.4) is 0 Å². The summed E-state index contributed by atoms with van der Waals surface area (Å²) in [6, 6.07) is 16.1. The van der Waals surface area contributed by atoms with Crippen LogP contribution < -0.4 is 10.1 Å². The summed E-state index contributed by atoms with van der Waals surface area (Å²) < 4.78 is 13.4. The third-order valence-electron chi connectivity index (χ3n) is 5.04. The van der Waals surface area contributed by atoms with E-state index in [0.717, 1.165) is 11.3 Å². The maximum absolute atomic E-state index is 12.7. The topological polar surface area (TPSA) is 100 Å². The van der Waals surface area contributed by atoms with Crippen molar-refractivity contribution in [2.75, 3.05) is 19.0 Å². The van der Waals surface area contributed by atoms with E-state index in [1.165, 1.54) is 10.9 Å². The SMILES string of the molecule is CCOC(=O)c1cc(-c2cccc(NC(=O)c3cnn(C)c3Cl)c2)n(-c2ccc(OC)cc2)n1. The summed E-state index contributed by atoms with van der Waals surface area (Å²) in [5, 5.41) is 11.5. The molecule has 2 heterocycles. The van der Waals surface area contributed by atoms with E-state index in [2.05, 4.69) is 15.5 Å². The summed E-state index contributed by atoms with van der Waals surface area (Å²) in [4.78, 5) is 25.1. The van der Waals surface area contributed by atoms with Gasteiger partial charge in [0.1, 0.15) is 10.9 Å². The summed E-state index contributed by atoms with van der Waals surface area (Å²) in [6.45, 7) is 1.97. The molecule has 2 aromatic carbocycles. The van der Waals surface area contributed by atoms with E-state index in [9.17, 15) is 9.59 Å². The second kappa shape index (κ2) is 9.80. The van der Waals surface area contributed by atoms with Gasteiger partial charge in [-0.05, 0) is 49.4 Å². The Kier molecular flexibility index (Phi) is 6.65. The highest BCUT2D eigenvalue weighted by molar-refractivity contribution is 6.33. The van der Waals surface area contributed by atoms with Crippen LogP contribution in [0.4, 0.5) is 5.69 Å². The van der Waals surface area contributed by atoms with Crippen molar-refractivity contribution in [1.29, 1.82) is 0 Å². The second-order valence-corrected chi connectivity index (χ2v) is 7.61. The number of carbonyl (C=O) groups is 2. The normalized spacial score (nSPS) is 10.7. The van der Waals surface area contributed by atoms with Gasteiger partial charge in [-0.3, -0.25) is 9.48 Å². The van der Waals surface area contributed by atoms with Crippen LogP contribution in [-0.2, 0) is 11.8 Å². The van der Waals surface area contributed by atoms with E-state index in [1.54, 1.807) is 62.2 Å². The van der Waals surface area contributed by atoms with Crippen molar-refractivity contribution >= 4 is 29.2 Å². The Balaban J connectivity index is 1.71. The molecule has 10 heteroatoms. The Labute approximate surface area is 200 Å². The third kappa shape index (κ3) is 4.65. The highest BCUT2D eigenvalue weighted by Crippen LogP contribution is 2.28. The van der Waals surface area contributed by atoms with Gasteiger partial charge in [-0.15, -0.1) is 0 Å². The number of rotatable bonds is 7. The number of ether oxygens (including phenoxy) is 2. The number of aromatic nitrogens is 4. The maximum atomic E-state index is 12.7. The molecule has 0 aliphatic carbocycles. The molecule has 1 amide bonds. The minimum Gasteiger partial charge on any atom is -0.497 e. The van der Waals surface area contributed by atoms with E-state index in [-0.39, 0.29) is 28.9 Å². The number of nitrogens with zero attached hydrogens (tertiary/aromatic N) is 4. The molecule has 0 atom stereocenters. The molecule has 0 saturated carbocycles. The van der Waals surface area contributed by atoms with Crippen molar-refractivity contribution in [2.24, 2.45) is 7.05 Å². The summed E-state index contributed by atoms with van der Waals surface area (Å²) in [6.07, 6.45) is 1.41. The van der Waals surface area contributed by atoms with Crippen molar-refractivity contribution in [2.45, 2.75) is 6.92 Å². The van der Waals surface area contributed by atoms with Crippen LogP contribution >= 0.6 is 11.6 Å². The molecule has 0 fully saturated rings. The molecule has 0 bridgehead atoms. The first kappa shape index (κ1) is 23.1. The molecule has 2 aromatic heterocycles. The number of nitrogens with one attached hydrogen (secondary N) is 1. The third-order valence-corrected chi connectivity index (χ3v) is 5.49. The predicted molar refractivity (Wildman–Crippen MR) is 128 cm³/mol. The number of halogens is 1. The molecule has 0 aliphatic rings. The lowest BCUT2D eigenvalue weighted by Gasteiger charge is -2.10. The van der Waals surface area contributed by atoms with Gasteiger partial charge in [0, 0.05) is 18.3 Å². The lowest BCUT2D eigenvalue weighted by molar-refractivity contribution is 0.0519. The van der Waals surface area contributed by atoms with Crippen LogP contribution in [0, 0.1) is 0 Å². The fourth-order valence-electron chi connectivity index (χ4n) is 3.34. The Morgan fingerprint density at radius 3 is 2.53 bits per heavy atom. The van der Waals surface area contributed by atoms with Crippen molar-refractivity contribution in [1.82, 2.24) is 19.6 Å². The van der Waals surface area contributed by atoms with Gasteiger partial charge in [-0.2, -0.15) is 10.2 Å². The Morgan fingerprint density at radius 1 is 1.12 bits per heavy atom. The van der Waals surface area contributed by atoms with Crippen molar-refractivity contribution in [3.8, 4) is 22.7 Å². The number of methoxy groups -OCH3 is 1. The zero-order chi connectivity index (χ0) is 24.2. The largest absolute Gasteiger partial charge is 0.497 e. The van der Waals surface area contributed by atoms with Gasteiger partial charge in [0.25, 0.3) is 5.91 Å². The van der Waals surface area contributed by atoms with Gasteiger partial charge in [0.15, 0.2) is 5.69 Å². The van der Waals surface area contributed by atoms with E-state index < -0.39 is 5.97 Å². The Bertz CT molecular complexity index is 1340. The van der Waals surface area contributed by atoms with Gasteiger partial charge in [0.2, 0.25) is 0 Å². The average Bonchev–Trinajstić information content (AvgIpc) is 3.44. The molecule has 0 saturated heterocycles. The number of hydrogen-bond donors (Lipinski definition) is 1. The maximum Gasteiger partial charge on any atom is 0.358 e. The lowest BCUT2D eigenvalue weighted by atomic mass is 10.1. The number of carbonyl (C=O) groups excluding carboxylic acids is 2. The Morgan fingerprint density at radius 2 is 1.88 bits per heavy atom. The molecule has 34 heavy (non-hydrogen) atoms. The molecule has 1 N–H and O–H groups in total. The number of hydrogen-bond acceptors (Lipinski definition) is 6. The monoisotopic (exact) mass is 479 g/mol. The van der Waals surface area contributed by atoms with Crippen LogP contribution in [0.15, 0.2) is 60.8 Å². The van der Waals surface area contributed by atoms with Crippen LogP contribution in [0.25, 0.3) is 16.9 Å². The first-order valence-corrected chi connectivity index (χ1v) is 10.8. The molecule has 4 aromatic rings. The minimum absolute atomic E-state index is 0.171. The van der Waals surface area contributed by atoms with Crippen LogP contribution in [-0.4, -0.2) is 45.2 Å². The minimum atomic E-state index is -0.522. The fraction of sp³-hybridized carbons (Fsp3) is 0.167.